The van der Waals surface area contributed by atoms with Crippen LogP contribution < -0.4 is 0 Å². The quantitative estimate of drug-likeness (QED) is 0.817. The minimum absolute atomic E-state index is 0.125. The number of fused-ring (bicyclic) bond motifs is 1. The molecule has 2 N–H and O–H groups in total. The lowest BCUT2D eigenvalue weighted by Crippen LogP contribution is -2.58. The molecule has 0 aliphatic heterocycles. The number of aliphatic hydroxyl groups excluding tert-OH is 2. The van der Waals surface area contributed by atoms with Gasteiger partial charge >= 0.3 is 0 Å². The van der Waals surface area contributed by atoms with Crippen molar-refractivity contribution in [3.63, 3.8) is 0 Å². The summed E-state index contributed by atoms with van der Waals surface area (Å²) < 4.78 is 0. The van der Waals surface area contributed by atoms with Crippen LogP contribution in [0.3, 0.4) is 0 Å². The predicted octanol–water partition coefficient (Wildman–Crippen LogP) is 3.46. The molecule has 126 valence electrons. The van der Waals surface area contributed by atoms with Crippen molar-refractivity contribution >= 4 is 5.78 Å². The summed E-state index contributed by atoms with van der Waals surface area (Å²) in [5.41, 5.74) is -0.125. The highest BCUT2D eigenvalue weighted by Crippen LogP contribution is 2.58. The SMILES string of the molecule is CC[C@@]12CC[C@H](O)[C@@H](CC[C@H](O)C3CCCCC3)[C@@H]1CC2=O. The Balaban J connectivity index is 1.57. The molecule has 0 heterocycles. The van der Waals surface area contributed by atoms with E-state index < -0.39 is 0 Å². The molecule has 0 aromatic rings. The van der Waals surface area contributed by atoms with Crippen LogP contribution in [0.5, 0.6) is 0 Å². The van der Waals surface area contributed by atoms with E-state index in [0.717, 1.165) is 44.9 Å². The van der Waals surface area contributed by atoms with Gasteiger partial charge in [0, 0.05) is 11.8 Å². The summed E-state index contributed by atoms with van der Waals surface area (Å²) in [6.45, 7) is 2.12. The third kappa shape index (κ3) is 2.75. The Bertz CT molecular complexity index is 401. The number of Topliss-reactive ketones (excluding diaryl/α,β-unsaturated/α-hetero) is 1. The van der Waals surface area contributed by atoms with Crippen molar-refractivity contribution in [2.75, 3.05) is 0 Å². The minimum Gasteiger partial charge on any atom is -0.393 e. The number of ketones is 1. The van der Waals surface area contributed by atoms with Gasteiger partial charge in [0.05, 0.1) is 12.2 Å². The van der Waals surface area contributed by atoms with E-state index in [9.17, 15) is 15.0 Å². The van der Waals surface area contributed by atoms with Crippen molar-refractivity contribution in [1.82, 2.24) is 0 Å². The molecule has 0 unspecified atom stereocenters. The van der Waals surface area contributed by atoms with Gasteiger partial charge in [-0.05, 0) is 62.7 Å². The molecular weight excluding hydrogens is 276 g/mol. The van der Waals surface area contributed by atoms with Crippen molar-refractivity contribution in [2.24, 2.45) is 23.2 Å². The van der Waals surface area contributed by atoms with Gasteiger partial charge in [-0.25, -0.2) is 0 Å². The molecule has 0 radical (unpaired) electrons. The predicted molar refractivity (Wildman–Crippen MR) is 86.4 cm³/mol. The molecule has 3 nitrogen and oxygen atoms in total. The lowest BCUT2D eigenvalue weighted by molar-refractivity contribution is -0.165. The molecule has 0 spiro atoms. The number of rotatable bonds is 5. The molecule has 0 saturated heterocycles. The fourth-order valence-corrected chi connectivity index (χ4v) is 5.60. The third-order valence-corrected chi connectivity index (χ3v) is 7.19. The van der Waals surface area contributed by atoms with Gasteiger partial charge < -0.3 is 10.2 Å². The normalized spacial score (nSPS) is 40.9. The van der Waals surface area contributed by atoms with Gasteiger partial charge in [0.15, 0.2) is 0 Å². The first kappa shape index (κ1) is 16.4. The van der Waals surface area contributed by atoms with Crippen molar-refractivity contribution < 1.29 is 15.0 Å². The molecule has 0 aromatic carbocycles. The summed E-state index contributed by atoms with van der Waals surface area (Å²) in [5, 5.41) is 20.9. The Morgan fingerprint density at radius 2 is 1.95 bits per heavy atom. The van der Waals surface area contributed by atoms with Crippen molar-refractivity contribution in [3.05, 3.63) is 0 Å². The monoisotopic (exact) mass is 308 g/mol. The summed E-state index contributed by atoms with van der Waals surface area (Å²) in [6.07, 6.45) is 10.6. The first-order valence-electron chi connectivity index (χ1n) is 9.48. The number of carbonyl (C=O) groups is 1. The van der Waals surface area contributed by atoms with E-state index >= 15 is 0 Å². The molecule has 0 aromatic heterocycles. The van der Waals surface area contributed by atoms with Crippen LogP contribution in [0.4, 0.5) is 0 Å². The second-order valence-electron chi connectivity index (χ2n) is 8.06. The largest absolute Gasteiger partial charge is 0.393 e. The zero-order chi connectivity index (χ0) is 15.7. The van der Waals surface area contributed by atoms with E-state index in [0.29, 0.717) is 24.0 Å². The Morgan fingerprint density at radius 1 is 1.23 bits per heavy atom. The zero-order valence-electron chi connectivity index (χ0n) is 14.0. The lowest BCUT2D eigenvalue weighted by atomic mass is 9.47. The Morgan fingerprint density at radius 3 is 2.59 bits per heavy atom. The molecule has 3 aliphatic rings. The van der Waals surface area contributed by atoms with Crippen LogP contribution in [0.2, 0.25) is 0 Å². The number of carbonyl (C=O) groups excluding carboxylic acids is 1. The summed E-state index contributed by atoms with van der Waals surface area (Å²) in [4.78, 5) is 12.1. The second kappa shape index (κ2) is 6.60. The van der Waals surface area contributed by atoms with E-state index in [4.69, 9.17) is 0 Å². The van der Waals surface area contributed by atoms with Gasteiger partial charge in [0.2, 0.25) is 0 Å². The molecule has 3 saturated carbocycles. The highest BCUT2D eigenvalue weighted by atomic mass is 16.3. The van der Waals surface area contributed by atoms with Crippen LogP contribution in [-0.2, 0) is 4.79 Å². The van der Waals surface area contributed by atoms with Crippen LogP contribution in [-0.4, -0.2) is 28.2 Å². The molecule has 0 amide bonds. The minimum atomic E-state index is -0.267. The number of aliphatic hydroxyl groups is 2. The molecule has 0 bridgehead atoms. The molecule has 3 rings (SSSR count). The molecule has 3 aliphatic carbocycles. The van der Waals surface area contributed by atoms with Gasteiger partial charge in [-0.15, -0.1) is 0 Å². The van der Waals surface area contributed by atoms with Gasteiger partial charge in [-0.2, -0.15) is 0 Å². The van der Waals surface area contributed by atoms with E-state index in [2.05, 4.69) is 6.92 Å². The van der Waals surface area contributed by atoms with Gasteiger partial charge in [0.1, 0.15) is 5.78 Å². The summed E-state index contributed by atoms with van der Waals surface area (Å²) in [7, 11) is 0. The summed E-state index contributed by atoms with van der Waals surface area (Å²) in [6, 6.07) is 0. The summed E-state index contributed by atoms with van der Waals surface area (Å²) >= 11 is 0. The van der Waals surface area contributed by atoms with Gasteiger partial charge in [-0.3, -0.25) is 4.79 Å². The average molecular weight is 308 g/mol. The third-order valence-electron chi connectivity index (χ3n) is 7.19. The Kier molecular flexibility index (Phi) is 4.94. The van der Waals surface area contributed by atoms with E-state index in [-0.39, 0.29) is 23.5 Å². The standard InChI is InChI=1S/C19H32O3/c1-2-19-11-10-17(21)14(15(19)12-18(19)22)8-9-16(20)13-6-4-3-5-7-13/h13-17,20-21H,2-12H2,1H3/t14-,15-,16-,17-,19+/m0/s1. The van der Waals surface area contributed by atoms with E-state index in [1.807, 2.05) is 0 Å². The van der Waals surface area contributed by atoms with Crippen LogP contribution >= 0.6 is 0 Å². The Hall–Kier alpha value is -0.410. The van der Waals surface area contributed by atoms with Crippen LogP contribution in [0.1, 0.15) is 77.6 Å². The van der Waals surface area contributed by atoms with Crippen LogP contribution in [0.25, 0.3) is 0 Å². The number of hydrogen-bond donors (Lipinski definition) is 2. The van der Waals surface area contributed by atoms with Gasteiger partial charge in [0.25, 0.3) is 0 Å². The molecule has 3 fully saturated rings. The van der Waals surface area contributed by atoms with E-state index in [1.165, 1.54) is 19.3 Å². The molecular formula is C19H32O3. The maximum atomic E-state index is 12.1. The fraction of sp³-hybridized carbons (Fsp3) is 0.947. The second-order valence-corrected chi connectivity index (χ2v) is 8.06. The van der Waals surface area contributed by atoms with E-state index in [1.54, 1.807) is 0 Å². The van der Waals surface area contributed by atoms with Crippen molar-refractivity contribution in [3.8, 4) is 0 Å². The zero-order valence-corrected chi connectivity index (χ0v) is 14.0. The van der Waals surface area contributed by atoms with Gasteiger partial charge in [-0.1, -0.05) is 26.2 Å². The van der Waals surface area contributed by atoms with Crippen LogP contribution in [0.15, 0.2) is 0 Å². The van der Waals surface area contributed by atoms with Crippen molar-refractivity contribution in [1.29, 1.82) is 0 Å². The maximum Gasteiger partial charge on any atom is 0.139 e. The Labute approximate surface area is 134 Å². The van der Waals surface area contributed by atoms with Crippen molar-refractivity contribution in [2.45, 2.75) is 89.8 Å². The highest BCUT2D eigenvalue weighted by Gasteiger charge is 2.59. The molecule has 5 atom stereocenters. The highest BCUT2D eigenvalue weighted by molar-refractivity contribution is 5.91. The first-order valence-corrected chi connectivity index (χ1v) is 9.48. The average Bonchev–Trinajstić information content (AvgIpc) is 2.54. The molecule has 3 heteroatoms. The lowest BCUT2D eigenvalue weighted by Gasteiger charge is -2.56. The topological polar surface area (TPSA) is 57.5 Å². The van der Waals surface area contributed by atoms with Crippen LogP contribution in [0, 0.1) is 23.2 Å². The summed E-state index contributed by atoms with van der Waals surface area (Å²) in [5.74, 6) is 1.48. The number of hydrogen-bond acceptors (Lipinski definition) is 3. The first-order chi connectivity index (χ1) is 10.6. The molecule has 22 heavy (non-hydrogen) atoms. The smallest absolute Gasteiger partial charge is 0.139 e. The fourth-order valence-electron chi connectivity index (χ4n) is 5.60. The maximum absolute atomic E-state index is 12.1.